The summed E-state index contributed by atoms with van der Waals surface area (Å²) in [4.78, 5) is 20.4. The number of benzene rings is 2. The number of rotatable bonds is 11. The summed E-state index contributed by atoms with van der Waals surface area (Å²) in [5, 5.41) is 11.7. The average molecular weight is 551 g/mol. The van der Waals surface area contributed by atoms with Crippen molar-refractivity contribution in [3.05, 3.63) is 71.3 Å². The van der Waals surface area contributed by atoms with Crippen molar-refractivity contribution in [2.75, 3.05) is 46.5 Å². The molecule has 40 heavy (non-hydrogen) atoms. The van der Waals surface area contributed by atoms with Gasteiger partial charge in [-0.3, -0.25) is 9.69 Å². The zero-order valence-electron chi connectivity index (χ0n) is 24.4. The van der Waals surface area contributed by atoms with E-state index in [1.807, 2.05) is 56.4 Å². The Bertz CT molecular complexity index is 1290. The molecule has 1 aliphatic rings. The quantitative estimate of drug-likeness (QED) is 0.364. The maximum Gasteiger partial charge on any atom is 0.219 e. The molecule has 1 fully saturated rings. The molecule has 4 rings (SSSR count). The van der Waals surface area contributed by atoms with E-state index in [-0.39, 0.29) is 19.1 Å². The predicted octanol–water partition coefficient (Wildman–Crippen LogP) is 3.76. The zero-order chi connectivity index (χ0) is 28.7. The third kappa shape index (κ3) is 7.76. The second-order valence-electron chi connectivity index (χ2n) is 10.8. The van der Waals surface area contributed by atoms with E-state index in [0.29, 0.717) is 50.0 Å². The van der Waals surface area contributed by atoms with Gasteiger partial charge in [-0.2, -0.15) is 0 Å². The highest BCUT2D eigenvalue weighted by atomic mass is 16.5. The molecule has 216 valence electrons. The molecule has 1 aliphatic heterocycles. The SMILES string of the molecule is COc1ccc(CN2CCN(C(C)=O)C[C@](O)(COc3ccc(C)c(C)c3)C2)cc1OCCCn1ccnc1C. The summed E-state index contributed by atoms with van der Waals surface area (Å²) in [6.07, 6.45) is 4.61. The van der Waals surface area contributed by atoms with Crippen molar-refractivity contribution in [2.45, 2.75) is 52.8 Å². The number of aromatic nitrogens is 2. The number of amides is 1. The lowest BCUT2D eigenvalue weighted by Gasteiger charge is -2.33. The van der Waals surface area contributed by atoms with Crippen molar-refractivity contribution in [2.24, 2.45) is 0 Å². The molecule has 1 atom stereocenters. The molecular formula is C31H42N4O5. The van der Waals surface area contributed by atoms with E-state index in [4.69, 9.17) is 14.2 Å². The molecule has 1 saturated heterocycles. The highest BCUT2D eigenvalue weighted by Crippen LogP contribution is 2.29. The van der Waals surface area contributed by atoms with Gasteiger partial charge in [-0.1, -0.05) is 12.1 Å². The van der Waals surface area contributed by atoms with Crippen LogP contribution in [0.3, 0.4) is 0 Å². The number of hydrogen-bond donors (Lipinski definition) is 1. The van der Waals surface area contributed by atoms with Gasteiger partial charge < -0.3 is 28.8 Å². The van der Waals surface area contributed by atoms with Gasteiger partial charge >= 0.3 is 0 Å². The predicted molar refractivity (Wildman–Crippen MR) is 154 cm³/mol. The number of aryl methyl sites for hydroxylation is 4. The van der Waals surface area contributed by atoms with Crippen LogP contribution in [0.2, 0.25) is 0 Å². The van der Waals surface area contributed by atoms with E-state index in [1.54, 1.807) is 25.1 Å². The summed E-state index contributed by atoms with van der Waals surface area (Å²) < 4.78 is 19.8. The molecule has 1 N–H and O–H groups in total. The van der Waals surface area contributed by atoms with Gasteiger partial charge in [-0.15, -0.1) is 0 Å². The number of aliphatic hydroxyl groups is 1. The fourth-order valence-electron chi connectivity index (χ4n) is 5.01. The van der Waals surface area contributed by atoms with Crippen molar-refractivity contribution in [1.29, 1.82) is 0 Å². The molecule has 0 aliphatic carbocycles. The van der Waals surface area contributed by atoms with Gasteiger partial charge in [-0.05, 0) is 68.1 Å². The van der Waals surface area contributed by atoms with Crippen LogP contribution in [0.4, 0.5) is 0 Å². The van der Waals surface area contributed by atoms with Crippen LogP contribution in [-0.4, -0.2) is 82.5 Å². The van der Waals surface area contributed by atoms with E-state index in [2.05, 4.69) is 21.4 Å². The van der Waals surface area contributed by atoms with Gasteiger partial charge in [0.05, 0.1) is 20.3 Å². The molecule has 9 heteroatoms. The first-order valence-electron chi connectivity index (χ1n) is 13.8. The molecule has 2 aromatic carbocycles. The summed E-state index contributed by atoms with van der Waals surface area (Å²) >= 11 is 0. The number of β-amino-alcohol motifs (C(OH)–C–C–N with tert-alkyl or cyclic N) is 1. The molecule has 0 radical (unpaired) electrons. The molecule has 0 spiro atoms. The number of ether oxygens (including phenoxy) is 3. The Labute approximate surface area is 237 Å². The lowest BCUT2D eigenvalue weighted by atomic mass is 10.0. The van der Waals surface area contributed by atoms with Crippen LogP contribution in [0.5, 0.6) is 17.2 Å². The monoisotopic (exact) mass is 550 g/mol. The average Bonchev–Trinajstić information content (AvgIpc) is 3.25. The van der Waals surface area contributed by atoms with Gasteiger partial charge in [0.2, 0.25) is 5.91 Å². The Morgan fingerprint density at radius 2 is 1.85 bits per heavy atom. The Morgan fingerprint density at radius 3 is 2.55 bits per heavy atom. The van der Waals surface area contributed by atoms with Crippen LogP contribution < -0.4 is 14.2 Å². The van der Waals surface area contributed by atoms with Crippen LogP contribution in [0.25, 0.3) is 0 Å². The topological polar surface area (TPSA) is 89.3 Å². The Balaban J connectivity index is 1.42. The second kappa shape index (κ2) is 13.2. The maximum atomic E-state index is 12.3. The minimum absolute atomic E-state index is 0.0579. The molecule has 0 bridgehead atoms. The number of imidazole rings is 1. The number of carbonyl (C=O) groups is 1. The zero-order valence-corrected chi connectivity index (χ0v) is 24.4. The largest absolute Gasteiger partial charge is 0.493 e. The lowest BCUT2D eigenvalue weighted by Crippen LogP contribution is -2.51. The van der Waals surface area contributed by atoms with Crippen molar-refractivity contribution in [1.82, 2.24) is 19.4 Å². The van der Waals surface area contributed by atoms with Crippen molar-refractivity contribution in [3.8, 4) is 17.2 Å². The van der Waals surface area contributed by atoms with Gasteiger partial charge in [0.25, 0.3) is 0 Å². The van der Waals surface area contributed by atoms with Crippen molar-refractivity contribution in [3.63, 3.8) is 0 Å². The molecule has 2 heterocycles. The summed E-state index contributed by atoms with van der Waals surface area (Å²) in [5.74, 6) is 3.01. The van der Waals surface area contributed by atoms with E-state index < -0.39 is 5.60 Å². The summed E-state index contributed by atoms with van der Waals surface area (Å²) in [7, 11) is 1.64. The first-order chi connectivity index (χ1) is 19.2. The van der Waals surface area contributed by atoms with Gasteiger partial charge in [-0.25, -0.2) is 4.98 Å². The minimum atomic E-state index is -1.22. The number of methoxy groups -OCH3 is 1. The van der Waals surface area contributed by atoms with E-state index in [0.717, 1.165) is 29.9 Å². The maximum absolute atomic E-state index is 12.3. The lowest BCUT2D eigenvalue weighted by molar-refractivity contribution is -0.132. The van der Waals surface area contributed by atoms with Crippen molar-refractivity contribution >= 4 is 5.91 Å². The number of carbonyl (C=O) groups excluding carboxylic acids is 1. The van der Waals surface area contributed by atoms with Gasteiger partial charge in [0.1, 0.15) is 23.8 Å². The second-order valence-corrected chi connectivity index (χ2v) is 10.8. The molecule has 1 amide bonds. The third-order valence-corrected chi connectivity index (χ3v) is 7.48. The van der Waals surface area contributed by atoms with Gasteiger partial charge in [0, 0.05) is 52.0 Å². The Kier molecular flexibility index (Phi) is 9.71. The fourth-order valence-corrected chi connectivity index (χ4v) is 5.01. The van der Waals surface area contributed by atoms with Crippen molar-refractivity contribution < 1.29 is 24.1 Å². The highest BCUT2D eigenvalue weighted by molar-refractivity contribution is 5.73. The summed E-state index contributed by atoms with van der Waals surface area (Å²) in [6, 6.07) is 11.8. The standard InChI is InChI=1S/C31H42N4O5/c1-23-7-9-28(17-24(23)2)40-22-31(37)20-33(14-15-35(21-31)26(4)36)19-27-8-10-29(38-5)30(18-27)39-16-6-12-34-13-11-32-25(34)3/h7-11,13,17-18,37H,6,12,14-16,19-22H2,1-5H3/t31-/m0/s1. The highest BCUT2D eigenvalue weighted by Gasteiger charge is 2.37. The first-order valence-corrected chi connectivity index (χ1v) is 13.8. The van der Waals surface area contributed by atoms with E-state index >= 15 is 0 Å². The summed E-state index contributed by atoms with van der Waals surface area (Å²) in [6.45, 7) is 11.4. The van der Waals surface area contributed by atoms with Gasteiger partial charge in [0.15, 0.2) is 11.5 Å². The van der Waals surface area contributed by atoms with Crippen LogP contribution >= 0.6 is 0 Å². The number of hydrogen-bond acceptors (Lipinski definition) is 7. The van der Waals surface area contributed by atoms with E-state index in [1.165, 1.54) is 5.56 Å². The van der Waals surface area contributed by atoms with Crippen LogP contribution in [0.1, 0.15) is 35.9 Å². The van der Waals surface area contributed by atoms with E-state index in [9.17, 15) is 9.90 Å². The van der Waals surface area contributed by atoms with Crippen LogP contribution in [0, 0.1) is 20.8 Å². The Morgan fingerprint density at radius 1 is 1.02 bits per heavy atom. The molecule has 3 aromatic rings. The first kappa shape index (κ1) is 29.4. The Hall–Kier alpha value is -3.56. The molecule has 0 unspecified atom stereocenters. The number of nitrogens with zero attached hydrogens (tertiary/aromatic N) is 4. The molecular weight excluding hydrogens is 508 g/mol. The molecule has 9 nitrogen and oxygen atoms in total. The van der Waals surface area contributed by atoms with Crippen LogP contribution in [0.15, 0.2) is 48.8 Å². The minimum Gasteiger partial charge on any atom is -0.493 e. The fraction of sp³-hybridized carbons (Fsp3) is 0.484. The third-order valence-electron chi connectivity index (χ3n) is 7.48. The molecule has 1 aromatic heterocycles. The summed E-state index contributed by atoms with van der Waals surface area (Å²) in [5.41, 5.74) is 2.13. The molecule has 0 saturated carbocycles. The smallest absolute Gasteiger partial charge is 0.219 e. The normalized spacial score (nSPS) is 17.9. The van der Waals surface area contributed by atoms with Crippen LogP contribution in [-0.2, 0) is 17.9 Å².